The van der Waals surface area contributed by atoms with Crippen molar-refractivity contribution in [2.75, 3.05) is 13.2 Å². The first-order chi connectivity index (χ1) is 9.79. The Morgan fingerprint density at radius 1 is 1.40 bits per heavy atom. The SMILES string of the molecule is CCCNC(c1ccn(C)n1)C1COc2ccccc21. The standard InChI is InChI=1S/C16H21N3O/c1-3-9-17-16(14-8-10-19(2)18-14)13-11-20-15-7-5-4-6-12(13)15/h4-8,10,13,16-17H,3,9,11H2,1-2H3. The summed E-state index contributed by atoms with van der Waals surface area (Å²) in [4.78, 5) is 0. The van der Waals surface area contributed by atoms with Crippen molar-refractivity contribution in [2.24, 2.45) is 7.05 Å². The zero-order valence-electron chi connectivity index (χ0n) is 12.0. The number of fused-ring (bicyclic) bond motifs is 1. The number of nitrogens with one attached hydrogen (secondary N) is 1. The van der Waals surface area contributed by atoms with Gasteiger partial charge >= 0.3 is 0 Å². The highest BCUT2D eigenvalue weighted by molar-refractivity contribution is 5.41. The van der Waals surface area contributed by atoms with E-state index in [-0.39, 0.29) is 6.04 Å². The van der Waals surface area contributed by atoms with E-state index in [4.69, 9.17) is 4.74 Å². The summed E-state index contributed by atoms with van der Waals surface area (Å²) in [6.07, 6.45) is 3.11. The third-order valence-corrected chi connectivity index (χ3v) is 3.81. The van der Waals surface area contributed by atoms with E-state index in [2.05, 4.69) is 35.5 Å². The lowest BCUT2D eigenvalue weighted by atomic mass is 9.91. The van der Waals surface area contributed by atoms with Gasteiger partial charge in [-0.3, -0.25) is 4.68 Å². The molecule has 1 aliphatic rings. The van der Waals surface area contributed by atoms with Gasteiger partial charge in [0.25, 0.3) is 0 Å². The molecule has 106 valence electrons. The van der Waals surface area contributed by atoms with E-state index in [0.29, 0.717) is 5.92 Å². The van der Waals surface area contributed by atoms with Crippen LogP contribution in [0.5, 0.6) is 5.75 Å². The Kier molecular flexibility index (Phi) is 3.74. The topological polar surface area (TPSA) is 39.1 Å². The van der Waals surface area contributed by atoms with Gasteiger partial charge < -0.3 is 10.1 Å². The molecular weight excluding hydrogens is 250 g/mol. The Morgan fingerprint density at radius 2 is 2.25 bits per heavy atom. The Balaban J connectivity index is 1.90. The summed E-state index contributed by atoms with van der Waals surface area (Å²) in [5.74, 6) is 1.34. The number of hydrogen-bond acceptors (Lipinski definition) is 3. The Hall–Kier alpha value is -1.81. The van der Waals surface area contributed by atoms with E-state index in [1.165, 1.54) is 5.56 Å². The maximum absolute atomic E-state index is 5.83. The lowest BCUT2D eigenvalue weighted by Crippen LogP contribution is -2.29. The van der Waals surface area contributed by atoms with E-state index in [0.717, 1.165) is 31.0 Å². The molecule has 0 saturated heterocycles. The van der Waals surface area contributed by atoms with Gasteiger partial charge in [-0.25, -0.2) is 0 Å². The van der Waals surface area contributed by atoms with Crippen LogP contribution in [0.3, 0.4) is 0 Å². The second-order valence-electron chi connectivity index (χ2n) is 5.30. The smallest absolute Gasteiger partial charge is 0.122 e. The van der Waals surface area contributed by atoms with Gasteiger partial charge in [0.1, 0.15) is 5.75 Å². The first-order valence-electron chi connectivity index (χ1n) is 7.24. The quantitative estimate of drug-likeness (QED) is 0.908. The fourth-order valence-electron chi connectivity index (χ4n) is 2.82. The fourth-order valence-corrected chi connectivity index (χ4v) is 2.82. The van der Waals surface area contributed by atoms with Crippen LogP contribution < -0.4 is 10.1 Å². The molecule has 0 spiro atoms. The average Bonchev–Trinajstić information content (AvgIpc) is 3.07. The zero-order chi connectivity index (χ0) is 13.9. The number of aryl methyl sites for hydroxylation is 1. The lowest BCUT2D eigenvalue weighted by Gasteiger charge is -2.22. The molecule has 2 heterocycles. The summed E-state index contributed by atoms with van der Waals surface area (Å²) in [6.45, 7) is 3.89. The highest BCUT2D eigenvalue weighted by atomic mass is 16.5. The normalized spacial score (nSPS) is 18.6. The van der Waals surface area contributed by atoms with Crippen molar-refractivity contribution in [1.82, 2.24) is 15.1 Å². The maximum atomic E-state index is 5.83. The van der Waals surface area contributed by atoms with Gasteiger partial charge in [-0.05, 0) is 25.1 Å². The third-order valence-electron chi connectivity index (χ3n) is 3.81. The molecule has 1 aromatic carbocycles. The molecule has 0 amide bonds. The highest BCUT2D eigenvalue weighted by Crippen LogP contribution is 2.40. The third kappa shape index (κ3) is 2.43. The number of hydrogen-bond donors (Lipinski definition) is 1. The van der Waals surface area contributed by atoms with Crippen molar-refractivity contribution in [1.29, 1.82) is 0 Å². The van der Waals surface area contributed by atoms with Crippen molar-refractivity contribution in [3.8, 4) is 5.75 Å². The van der Waals surface area contributed by atoms with Crippen LogP contribution in [0.1, 0.15) is 36.6 Å². The van der Waals surface area contributed by atoms with E-state index in [1.807, 2.05) is 30.1 Å². The fraction of sp³-hybridized carbons (Fsp3) is 0.438. The number of ether oxygens (including phenoxy) is 1. The summed E-state index contributed by atoms with van der Waals surface area (Å²) in [7, 11) is 1.96. The van der Waals surface area contributed by atoms with Crippen LogP contribution in [0.2, 0.25) is 0 Å². The Morgan fingerprint density at radius 3 is 3.00 bits per heavy atom. The summed E-state index contributed by atoms with van der Waals surface area (Å²) in [6, 6.07) is 10.6. The largest absolute Gasteiger partial charge is 0.493 e. The molecule has 0 radical (unpaired) electrons. The van der Waals surface area contributed by atoms with Crippen molar-refractivity contribution >= 4 is 0 Å². The van der Waals surface area contributed by atoms with E-state index in [9.17, 15) is 0 Å². The van der Waals surface area contributed by atoms with Crippen molar-refractivity contribution in [2.45, 2.75) is 25.3 Å². The summed E-state index contributed by atoms with van der Waals surface area (Å²) >= 11 is 0. The van der Waals surface area contributed by atoms with Crippen LogP contribution in [0.4, 0.5) is 0 Å². The van der Waals surface area contributed by atoms with Crippen LogP contribution in [0.15, 0.2) is 36.5 Å². The van der Waals surface area contributed by atoms with Gasteiger partial charge in [-0.1, -0.05) is 25.1 Å². The first kappa shape index (κ1) is 13.2. The minimum absolute atomic E-state index is 0.208. The Bertz CT molecular complexity index is 579. The molecule has 0 fully saturated rings. The number of rotatable bonds is 5. The predicted octanol–water partition coefficient (Wildman–Crippen LogP) is 2.64. The van der Waals surface area contributed by atoms with Gasteiger partial charge in [0.05, 0.1) is 18.3 Å². The van der Waals surface area contributed by atoms with Crippen LogP contribution in [-0.2, 0) is 7.05 Å². The molecule has 1 aliphatic heterocycles. The van der Waals surface area contributed by atoms with E-state index < -0.39 is 0 Å². The summed E-state index contributed by atoms with van der Waals surface area (Å²) < 4.78 is 7.68. The molecule has 2 atom stereocenters. The maximum Gasteiger partial charge on any atom is 0.122 e. The van der Waals surface area contributed by atoms with E-state index >= 15 is 0 Å². The second kappa shape index (κ2) is 5.67. The molecule has 1 N–H and O–H groups in total. The molecule has 4 heteroatoms. The van der Waals surface area contributed by atoms with Crippen LogP contribution in [0.25, 0.3) is 0 Å². The van der Waals surface area contributed by atoms with Gasteiger partial charge in [0.2, 0.25) is 0 Å². The van der Waals surface area contributed by atoms with Gasteiger partial charge in [-0.2, -0.15) is 5.10 Å². The predicted molar refractivity (Wildman–Crippen MR) is 78.9 cm³/mol. The summed E-state index contributed by atoms with van der Waals surface area (Å²) in [5, 5.41) is 8.21. The second-order valence-corrected chi connectivity index (χ2v) is 5.30. The minimum Gasteiger partial charge on any atom is -0.493 e. The number of aromatic nitrogens is 2. The van der Waals surface area contributed by atoms with Crippen molar-refractivity contribution in [3.63, 3.8) is 0 Å². The van der Waals surface area contributed by atoms with Crippen LogP contribution >= 0.6 is 0 Å². The van der Waals surface area contributed by atoms with Crippen LogP contribution in [0, 0.1) is 0 Å². The molecule has 2 unspecified atom stereocenters. The molecule has 2 aromatic rings. The number of nitrogens with zero attached hydrogens (tertiary/aromatic N) is 2. The van der Waals surface area contributed by atoms with Gasteiger partial charge in [-0.15, -0.1) is 0 Å². The molecule has 0 aliphatic carbocycles. The summed E-state index contributed by atoms with van der Waals surface area (Å²) in [5.41, 5.74) is 2.37. The lowest BCUT2D eigenvalue weighted by molar-refractivity contribution is 0.297. The molecule has 20 heavy (non-hydrogen) atoms. The molecule has 4 nitrogen and oxygen atoms in total. The van der Waals surface area contributed by atoms with Crippen molar-refractivity contribution in [3.05, 3.63) is 47.8 Å². The first-order valence-corrected chi connectivity index (χ1v) is 7.24. The number of para-hydroxylation sites is 1. The molecule has 0 saturated carbocycles. The van der Waals surface area contributed by atoms with Crippen LogP contribution in [-0.4, -0.2) is 22.9 Å². The zero-order valence-corrected chi connectivity index (χ0v) is 12.0. The number of benzene rings is 1. The molecule has 0 bridgehead atoms. The molecular formula is C16H21N3O. The van der Waals surface area contributed by atoms with Gasteiger partial charge in [0, 0.05) is 24.7 Å². The van der Waals surface area contributed by atoms with Gasteiger partial charge in [0.15, 0.2) is 0 Å². The van der Waals surface area contributed by atoms with Crippen molar-refractivity contribution < 1.29 is 4.74 Å². The minimum atomic E-state index is 0.208. The molecule has 3 rings (SSSR count). The monoisotopic (exact) mass is 271 g/mol. The van der Waals surface area contributed by atoms with E-state index in [1.54, 1.807) is 0 Å². The highest BCUT2D eigenvalue weighted by Gasteiger charge is 2.33. The average molecular weight is 271 g/mol. The molecule has 1 aromatic heterocycles. The Labute approximate surface area is 119 Å².